The Labute approximate surface area is 275 Å². The summed E-state index contributed by atoms with van der Waals surface area (Å²) in [5.74, 6) is 0. The number of ether oxygens (including phenoxy) is 2. The average Bonchev–Trinajstić information content (AvgIpc) is 3.30. The molecule has 0 saturated carbocycles. The Kier molecular flexibility index (Phi) is 10.6. The van der Waals surface area contributed by atoms with Crippen molar-refractivity contribution in [2.24, 2.45) is 0 Å². The number of hydrogen-bond acceptors (Lipinski definition) is 4. The maximum atomic E-state index is 7.28. The van der Waals surface area contributed by atoms with Crippen molar-refractivity contribution in [3.05, 3.63) is 130 Å². The van der Waals surface area contributed by atoms with Crippen LogP contribution in [-0.2, 0) is 27.1 Å². The van der Waals surface area contributed by atoms with Crippen LogP contribution in [0.15, 0.2) is 114 Å². The van der Waals surface area contributed by atoms with Crippen LogP contribution in [0.4, 0.5) is 0 Å². The van der Waals surface area contributed by atoms with E-state index >= 15 is 0 Å². The quantitative estimate of drug-likeness (QED) is 0.131. The average molecular weight is 695 g/mol. The fraction of sp³-hybridized carbons (Fsp3) is 0.286. The Morgan fingerprint density at radius 2 is 1.44 bits per heavy atom. The molecule has 224 valence electrons. The van der Waals surface area contributed by atoms with E-state index < -0.39 is 14.4 Å². The zero-order chi connectivity index (χ0) is 30.5. The van der Waals surface area contributed by atoms with E-state index in [0.29, 0.717) is 29.8 Å². The lowest BCUT2D eigenvalue weighted by molar-refractivity contribution is -0.0608. The van der Waals surface area contributed by atoms with Gasteiger partial charge in [0.1, 0.15) is 17.2 Å². The maximum Gasteiger partial charge on any atom is 0.261 e. The third-order valence-corrected chi connectivity index (χ3v) is 14.1. The minimum Gasteiger partial charge on any atom is -0.405 e. The van der Waals surface area contributed by atoms with Gasteiger partial charge in [-0.05, 0) is 44.7 Å². The molecule has 0 spiro atoms. The molecular weight excluding hydrogens is 658 g/mol. The van der Waals surface area contributed by atoms with Crippen LogP contribution in [0.5, 0.6) is 0 Å². The summed E-state index contributed by atoms with van der Waals surface area (Å²) < 4.78 is 21.4. The highest BCUT2D eigenvalue weighted by Gasteiger charge is 2.52. The molecule has 1 fully saturated rings. The Morgan fingerprint density at radius 1 is 0.814 bits per heavy atom. The van der Waals surface area contributed by atoms with Crippen molar-refractivity contribution in [2.45, 2.75) is 57.3 Å². The van der Waals surface area contributed by atoms with Gasteiger partial charge in [0.25, 0.3) is 8.32 Å². The molecule has 43 heavy (non-hydrogen) atoms. The molecule has 0 radical (unpaired) electrons. The minimum atomic E-state index is -2.77. The molecule has 1 saturated heterocycles. The standard InChI is InChI=1S/C35H37BrClNO3SSi/c1-35(2,3)43(28-16-6-4-7-17-28,29-18-8-5-9-19-29)41-24-31-32(39-22-25-13-12-15-27(36)21-25)33(34(42)38-31)40-23-26-14-10-11-20-30(26)37/h4-21,31-33H,22-24H2,1-3H3,(H,38,42). The summed E-state index contributed by atoms with van der Waals surface area (Å²) in [6.07, 6.45) is -0.821. The van der Waals surface area contributed by atoms with Gasteiger partial charge in [-0.15, -0.1) is 0 Å². The predicted octanol–water partition coefficient (Wildman–Crippen LogP) is 7.45. The molecule has 4 aromatic rings. The molecule has 0 amide bonds. The second-order valence-corrected chi connectivity index (χ2v) is 17.9. The van der Waals surface area contributed by atoms with Gasteiger partial charge < -0.3 is 19.2 Å². The molecule has 1 aliphatic rings. The van der Waals surface area contributed by atoms with E-state index in [9.17, 15) is 0 Å². The van der Waals surface area contributed by atoms with Crippen molar-refractivity contribution >= 4 is 63.4 Å². The van der Waals surface area contributed by atoms with Gasteiger partial charge in [0, 0.05) is 9.50 Å². The SMILES string of the molecule is CC(C)(C)[Si](OCC1NC(=S)C(OCc2ccccc2Cl)C1OCc1cccc(Br)c1)(c1ccccc1)c1ccccc1. The molecule has 8 heteroatoms. The lowest BCUT2D eigenvalue weighted by Gasteiger charge is -2.43. The summed E-state index contributed by atoms with van der Waals surface area (Å²) in [7, 11) is -2.77. The van der Waals surface area contributed by atoms with Gasteiger partial charge in [-0.25, -0.2) is 0 Å². The molecule has 0 aliphatic carbocycles. The number of benzene rings is 4. The number of rotatable bonds is 11. The van der Waals surface area contributed by atoms with Crippen LogP contribution in [-0.4, -0.2) is 38.2 Å². The van der Waals surface area contributed by atoms with Gasteiger partial charge in [0.2, 0.25) is 0 Å². The van der Waals surface area contributed by atoms with Gasteiger partial charge in [-0.1, -0.05) is 152 Å². The first-order valence-electron chi connectivity index (χ1n) is 14.5. The van der Waals surface area contributed by atoms with Crippen LogP contribution in [0.3, 0.4) is 0 Å². The number of hydrogen-bond donors (Lipinski definition) is 1. The van der Waals surface area contributed by atoms with Crippen molar-refractivity contribution < 1.29 is 13.9 Å². The zero-order valence-electron chi connectivity index (χ0n) is 24.6. The first-order valence-corrected chi connectivity index (χ1v) is 17.9. The summed E-state index contributed by atoms with van der Waals surface area (Å²) in [4.78, 5) is 0.613. The molecule has 3 atom stereocenters. The fourth-order valence-electron chi connectivity index (χ4n) is 5.81. The summed E-state index contributed by atoms with van der Waals surface area (Å²) in [6, 6.07) is 36.9. The minimum absolute atomic E-state index is 0.151. The van der Waals surface area contributed by atoms with Gasteiger partial charge in [0.15, 0.2) is 0 Å². The Hall–Kier alpha value is -2.36. The molecule has 4 aromatic carbocycles. The molecular formula is C35H37BrClNO3SSi. The number of halogens is 2. The Morgan fingerprint density at radius 3 is 2.05 bits per heavy atom. The highest BCUT2D eigenvalue weighted by Crippen LogP contribution is 2.37. The molecule has 1 heterocycles. The van der Waals surface area contributed by atoms with Crippen molar-refractivity contribution in [1.29, 1.82) is 0 Å². The van der Waals surface area contributed by atoms with Gasteiger partial charge in [-0.3, -0.25) is 0 Å². The third-order valence-electron chi connectivity index (χ3n) is 7.88. The molecule has 4 nitrogen and oxygen atoms in total. The maximum absolute atomic E-state index is 7.28. The highest BCUT2D eigenvalue weighted by atomic mass is 79.9. The summed E-state index contributed by atoms with van der Waals surface area (Å²) in [5.41, 5.74) is 1.97. The van der Waals surface area contributed by atoms with Crippen molar-refractivity contribution in [1.82, 2.24) is 5.32 Å². The lowest BCUT2D eigenvalue weighted by Crippen LogP contribution is -2.67. The van der Waals surface area contributed by atoms with E-state index in [4.69, 9.17) is 37.7 Å². The molecule has 3 unspecified atom stereocenters. The monoisotopic (exact) mass is 693 g/mol. The zero-order valence-corrected chi connectivity index (χ0v) is 28.8. The van der Waals surface area contributed by atoms with Crippen LogP contribution in [0.25, 0.3) is 0 Å². The van der Waals surface area contributed by atoms with Crippen LogP contribution >= 0.6 is 39.7 Å². The van der Waals surface area contributed by atoms with E-state index in [-0.39, 0.29) is 17.2 Å². The molecule has 1 aliphatic heterocycles. The molecule has 0 bridgehead atoms. The first-order chi connectivity index (χ1) is 20.7. The number of nitrogens with one attached hydrogen (secondary N) is 1. The van der Waals surface area contributed by atoms with Crippen molar-refractivity contribution in [2.75, 3.05) is 6.61 Å². The molecule has 0 aromatic heterocycles. The largest absolute Gasteiger partial charge is 0.405 e. The summed E-state index contributed by atoms with van der Waals surface area (Å²) >= 11 is 15.9. The third kappa shape index (κ3) is 7.31. The first kappa shape index (κ1) is 32.0. The van der Waals surface area contributed by atoms with E-state index in [1.165, 1.54) is 10.4 Å². The second-order valence-electron chi connectivity index (χ2n) is 11.8. The number of thiocarbonyl (C=S) groups is 1. The van der Waals surface area contributed by atoms with Crippen LogP contribution in [0, 0.1) is 0 Å². The smallest absolute Gasteiger partial charge is 0.261 e. The van der Waals surface area contributed by atoms with Crippen molar-refractivity contribution in [3.63, 3.8) is 0 Å². The van der Waals surface area contributed by atoms with E-state index in [0.717, 1.165) is 15.6 Å². The van der Waals surface area contributed by atoms with Crippen LogP contribution in [0.2, 0.25) is 10.1 Å². The van der Waals surface area contributed by atoms with E-state index in [2.05, 4.69) is 115 Å². The predicted molar refractivity (Wildman–Crippen MR) is 186 cm³/mol. The topological polar surface area (TPSA) is 39.7 Å². The Bertz CT molecular complexity index is 1480. The van der Waals surface area contributed by atoms with Crippen LogP contribution < -0.4 is 15.7 Å². The lowest BCUT2D eigenvalue weighted by atomic mass is 10.1. The van der Waals surface area contributed by atoms with Gasteiger partial charge >= 0.3 is 0 Å². The van der Waals surface area contributed by atoms with Gasteiger partial charge in [-0.2, -0.15) is 0 Å². The summed E-state index contributed by atoms with van der Waals surface area (Å²) in [6.45, 7) is 7.98. The van der Waals surface area contributed by atoms with Crippen molar-refractivity contribution in [3.8, 4) is 0 Å². The summed E-state index contributed by atoms with van der Waals surface area (Å²) in [5, 5.41) is 6.49. The van der Waals surface area contributed by atoms with Gasteiger partial charge in [0.05, 0.1) is 25.9 Å². The highest BCUT2D eigenvalue weighted by molar-refractivity contribution is 9.10. The van der Waals surface area contributed by atoms with E-state index in [1.54, 1.807) is 0 Å². The molecule has 5 rings (SSSR count). The second kappa shape index (κ2) is 14.2. The van der Waals surface area contributed by atoms with Crippen LogP contribution in [0.1, 0.15) is 31.9 Å². The normalized spacial score (nSPS) is 18.9. The Balaban J connectivity index is 1.45. The van der Waals surface area contributed by atoms with E-state index in [1.807, 2.05) is 36.4 Å². The molecule has 1 N–H and O–H groups in total. The fourth-order valence-corrected chi connectivity index (χ4v) is 11.4.